The minimum Gasteiger partial charge on any atom is -0.281 e. The van der Waals surface area contributed by atoms with Crippen molar-refractivity contribution in [2.45, 2.75) is 0 Å². The second-order valence-corrected chi connectivity index (χ2v) is 4.61. The molecule has 0 unspecified atom stereocenters. The molecule has 2 aromatic carbocycles. The summed E-state index contributed by atoms with van der Waals surface area (Å²) in [5.74, 6) is 2.05. The first-order valence-electron chi connectivity index (χ1n) is 6.65. The van der Waals surface area contributed by atoms with Crippen molar-refractivity contribution in [3.8, 4) is 12.0 Å². The first-order chi connectivity index (χ1) is 10.7. The van der Waals surface area contributed by atoms with Gasteiger partial charge in [0.2, 0.25) is 0 Å². The number of carbonyl (C=O) groups excluding carboxylic acids is 1. The lowest BCUT2D eigenvalue weighted by Crippen LogP contribution is -2.17. The van der Waals surface area contributed by atoms with Gasteiger partial charge in [-0.15, -0.1) is 0 Å². The lowest BCUT2D eigenvalue weighted by Gasteiger charge is -2.02. The summed E-state index contributed by atoms with van der Waals surface area (Å²) in [6.45, 7) is 0. The third kappa shape index (κ3) is 2.94. The van der Waals surface area contributed by atoms with Gasteiger partial charge >= 0.3 is 0 Å². The number of halogens is 1. The molecule has 0 aliphatic heterocycles. The minimum atomic E-state index is -0.409. The maximum absolute atomic E-state index is 13.5. The largest absolute Gasteiger partial charge is 0.281 e. The highest BCUT2D eigenvalue weighted by Gasteiger charge is 2.07. The molecule has 3 nitrogen and oxygen atoms in total. The number of amides is 1. The Hall–Kier alpha value is -3.19. The number of nitrogens with zero attached hydrogens (tertiary/aromatic N) is 1. The van der Waals surface area contributed by atoms with Crippen molar-refractivity contribution in [1.82, 2.24) is 10.3 Å². The lowest BCUT2D eigenvalue weighted by molar-refractivity contribution is 0.0973. The summed E-state index contributed by atoms with van der Waals surface area (Å²) in [7, 11) is 0. The van der Waals surface area contributed by atoms with Crippen LogP contribution < -0.4 is 5.32 Å². The van der Waals surface area contributed by atoms with Crippen LogP contribution in [0.5, 0.6) is 0 Å². The van der Waals surface area contributed by atoms with E-state index in [0.717, 1.165) is 5.56 Å². The summed E-state index contributed by atoms with van der Waals surface area (Å²) in [4.78, 5) is 16.0. The van der Waals surface area contributed by atoms with Crippen LogP contribution in [0.25, 0.3) is 10.9 Å². The number of rotatable bonds is 1. The topological polar surface area (TPSA) is 42.0 Å². The van der Waals surface area contributed by atoms with E-state index in [4.69, 9.17) is 0 Å². The Morgan fingerprint density at radius 2 is 1.91 bits per heavy atom. The predicted molar refractivity (Wildman–Crippen MR) is 82.5 cm³/mol. The minimum absolute atomic E-state index is 0.245. The molecule has 0 saturated carbocycles. The highest BCUT2D eigenvalue weighted by molar-refractivity contribution is 5.98. The number of hydrogen-bond donors (Lipinski definition) is 1. The summed E-state index contributed by atoms with van der Waals surface area (Å²) in [6.07, 6.45) is 1.34. The lowest BCUT2D eigenvalue weighted by atomic mass is 10.1. The third-order valence-corrected chi connectivity index (χ3v) is 3.08. The molecule has 3 aromatic rings. The standard InChI is InChI=1S/C18H11FN2O/c19-16-8-4-7-14-11-15(12-21-17(14)16)18(22)20-10-9-13-5-2-1-3-6-13/h1-8,11-12H,(H,20,22). The molecular weight excluding hydrogens is 279 g/mol. The smallest absolute Gasteiger partial charge is 0.264 e. The van der Waals surface area contributed by atoms with Gasteiger partial charge in [-0.3, -0.25) is 15.1 Å². The molecule has 1 aromatic heterocycles. The Bertz CT molecular complexity index is 895. The number of para-hydroxylation sites is 1. The Balaban J connectivity index is 1.80. The zero-order chi connectivity index (χ0) is 15.4. The Morgan fingerprint density at radius 3 is 2.73 bits per heavy atom. The van der Waals surface area contributed by atoms with Crippen molar-refractivity contribution >= 4 is 16.8 Å². The highest BCUT2D eigenvalue weighted by atomic mass is 19.1. The average Bonchev–Trinajstić information content (AvgIpc) is 2.55. The van der Waals surface area contributed by atoms with E-state index in [0.29, 0.717) is 10.9 Å². The molecule has 22 heavy (non-hydrogen) atoms. The zero-order valence-corrected chi connectivity index (χ0v) is 11.5. The highest BCUT2D eigenvalue weighted by Crippen LogP contribution is 2.16. The number of pyridine rings is 1. The molecule has 1 heterocycles. The molecular formula is C18H11FN2O. The van der Waals surface area contributed by atoms with Crippen molar-refractivity contribution < 1.29 is 9.18 Å². The quantitative estimate of drug-likeness (QED) is 0.552. The van der Waals surface area contributed by atoms with E-state index in [1.807, 2.05) is 30.3 Å². The SMILES string of the molecule is O=C(NC#Cc1ccccc1)c1cnc2c(F)cccc2c1. The van der Waals surface area contributed by atoms with Gasteiger partial charge in [-0.1, -0.05) is 30.3 Å². The van der Waals surface area contributed by atoms with E-state index in [1.165, 1.54) is 12.3 Å². The Labute approximate surface area is 126 Å². The molecule has 3 rings (SSSR count). The van der Waals surface area contributed by atoms with Crippen LogP contribution in [0.15, 0.2) is 60.8 Å². The molecule has 0 fully saturated rings. The van der Waals surface area contributed by atoms with E-state index in [1.54, 1.807) is 18.2 Å². The van der Waals surface area contributed by atoms with Gasteiger partial charge in [0.25, 0.3) is 5.91 Å². The number of aromatic nitrogens is 1. The molecule has 106 valence electrons. The van der Waals surface area contributed by atoms with E-state index in [-0.39, 0.29) is 11.4 Å². The fourth-order valence-electron chi connectivity index (χ4n) is 2.00. The summed E-state index contributed by atoms with van der Waals surface area (Å²) in [6, 6.07) is 18.1. The van der Waals surface area contributed by atoms with Gasteiger partial charge in [-0.2, -0.15) is 0 Å². The molecule has 4 heteroatoms. The molecule has 0 aliphatic carbocycles. The van der Waals surface area contributed by atoms with Crippen LogP contribution >= 0.6 is 0 Å². The van der Waals surface area contributed by atoms with Crippen LogP contribution in [0.1, 0.15) is 15.9 Å². The second-order valence-electron chi connectivity index (χ2n) is 4.61. The summed E-state index contributed by atoms with van der Waals surface area (Å²) < 4.78 is 13.5. The van der Waals surface area contributed by atoms with Gasteiger partial charge in [0.15, 0.2) is 0 Å². The van der Waals surface area contributed by atoms with Crippen molar-refractivity contribution in [1.29, 1.82) is 0 Å². The first kappa shape index (κ1) is 13.8. The van der Waals surface area contributed by atoms with Crippen LogP contribution in [0.4, 0.5) is 4.39 Å². The van der Waals surface area contributed by atoms with Gasteiger partial charge in [-0.05, 0) is 30.2 Å². The Kier molecular flexibility index (Phi) is 3.80. The third-order valence-electron chi connectivity index (χ3n) is 3.08. The number of carbonyl (C=O) groups is 1. The summed E-state index contributed by atoms with van der Waals surface area (Å²) >= 11 is 0. The van der Waals surface area contributed by atoms with Crippen molar-refractivity contribution in [3.63, 3.8) is 0 Å². The molecule has 0 radical (unpaired) electrons. The van der Waals surface area contributed by atoms with Gasteiger partial charge in [-0.25, -0.2) is 4.39 Å². The molecule has 0 aliphatic rings. The first-order valence-corrected chi connectivity index (χ1v) is 6.65. The van der Waals surface area contributed by atoms with Gasteiger partial charge in [0.1, 0.15) is 11.3 Å². The van der Waals surface area contributed by atoms with Crippen molar-refractivity contribution in [2.24, 2.45) is 0 Å². The zero-order valence-electron chi connectivity index (χ0n) is 11.5. The monoisotopic (exact) mass is 290 g/mol. The number of fused-ring (bicyclic) bond motifs is 1. The molecule has 0 bridgehead atoms. The van der Waals surface area contributed by atoms with E-state index < -0.39 is 5.82 Å². The van der Waals surface area contributed by atoms with Crippen molar-refractivity contribution in [2.75, 3.05) is 0 Å². The maximum atomic E-state index is 13.5. The van der Waals surface area contributed by atoms with Crippen LogP contribution in [-0.2, 0) is 0 Å². The molecule has 1 amide bonds. The Morgan fingerprint density at radius 1 is 1.09 bits per heavy atom. The number of nitrogens with one attached hydrogen (secondary N) is 1. The van der Waals surface area contributed by atoms with Crippen LogP contribution in [0, 0.1) is 17.8 Å². The average molecular weight is 290 g/mol. The fourth-order valence-corrected chi connectivity index (χ4v) is 2.00. The van der Waals surface area contributed by atoms with E-state index in [2.05, 4.69) is 22.3 Å². The molecule has 0 saturated heterocycles. The summed E-state index contributed by atoms with van der Waals surface area (Å²) in [5, 5.41) is 3.07. The maximum Gasteiger partial charge on any atom is 0.264 e. The van der Waals surface area contributed by atoms with Gasteiger partial charge in [0.05, 0.1) is 5.56 Å². The second kappa shape index (κ2) is 6.06. The van der Waals surface area contributed by atoms with Crippen LogP contribution in [-0.4, -0.2) is 10.9 Å². The van der Waals surface area contributed by atoms with E-state index in [9.17, 15) is 9.18 Å². The van der Waals surface area contributed by atoms with Gasteiger partial charge in [0, 0.05) is 23.2 Å². The molecule has 1 N–H and O–H groups in total. The number of benzene rings is 2. The predicted octanol–water partition coefficient (Wildman–Crippen LogP) is 3.11. The molecule has 0 atom stereocenters. The van der Waals surface area contributed by atoms with Crippen molar-refractivity contribution in [3.05, 3.63) is 77.7 Å². The number of hydrogen-bond acceptors (Lipinski definition) is 2. The normalized spacial score (nSPS) is 9.86. The van der Waals surface area contributed by atoms with Crippen LogP contribution in [0.2, 0.25) is 0 Å². The molecule has 0 spiro atoms. The van der Waals surface area contributed by atoms with E-state index >= 15 is 0 Å². The van der Waals surface area contributed by atoms with Crippen LogP contribution in [0.3, 0.4) is 0 Å². The van der Waals surface area contributed by atoms with Gasteiger partial charge < -0.3 is 0 Å². The summed E-state index contributed by atoms with van der Waals surface area (Å²) in [5.41, 5.74) is 1.39. The fraction of sp³-hybridized carbons (Fsp3) is 0.